The molecule has 0 saturated heterocycles. The van der Waals surface area contributed by atoms with Crippen molar-refractivity contribution in [2.45, 2.75) is 19.3 Å². The highest BCUT2D eigenvalue weighted by Gasteiger charge is 2.37. The Morgan fingerprint density at radius 3 is 2.48 bits per heavy atom. The first-order valence-electron chi connectivity index (χ1n) is 7.76. The lowest BCUT2D eigenvalue weighted by molar-refractivity contribution is -0.153. The zero-order chi connectivity index (χ0) is 17.1. The molecule has 0 aliphatic heterocycles. The molecule has 1 rings (SSSR count). The van der Waals surface area contributed by atoms with Crippen molar-refractivity contribution in [2.75, 3.05) is 40.0 Å². The van der Waals surface area contributed by atoms with Crippen molar-refractivity contribution in [3.8, 4) is 0 Å². The number of likely N-dealkylation sites (N-methyl/N-ethyl adjacent to an activating group) is 1. The van der Waals surface area contributed by atoms with Gasteiger partial charge in [-0.2, -0.15) is 0 Å². The Morgan fingerprint density at radius 2 is 1.87 bits per heavy atom. The highest BCUT2D eigenvalue weighted by atomic mass is 16.5. The van der Waals surface area contributed by atoms with Gasteiger partial charge in [-0.3, -0.25) is 9.59 Å². The summed E-state index contributed by atoms with van der Waals surface area (Å²) in [5, 5.41) is 5.66. The molecule has 0 radical (unpaired) electrons. The van der Waals surface area contributed by atoms with E-state index in [0.717, 1.165) is 5.56 Å². The number of benzene rings is 1. The van der Waals surface area contributed by atoms with Crippen LogP contribution in [-0.4, -0.2) is 51.8 Å². The number of carbonyl (C=O) groups is 2. The van der Waals surface area contributed by atoms with Gasteiger partial charge in [0.2, 0.25) is 5.91 Å². The van der Waals surface area contributed by atoms with Crippen molar-refractivity contribution in [1.82, 2.24) is 10.6 Å². The summed E-state index contributed by atoms with van der Waals surface area (Å²) in [7, 11) is 1.81. The summed E-state index contributed by atoms with van der Waals surface area (Å²) in [6.07, 6.45) is 0. The average Bonchev–Trinajstić information content (AvgIpc) is 2.56. The van der Waals surface area contributed by atoms with E-state index in [4.69, 9.17) is 9.47 Å². The molecule has 0 saturated carbocycles. The van der Waals surface area contributed by atoms with Crippen LogP contribution in [0.15, 0.2) is 30.3 Å². The highest BCUT2D eigenvalue weighted by molar-refractivity contribution is 5.83. The molecule has 1 amide bonds. The molecule has 0 fully saturated rings. The number of nitrogens with one attached hydrogen (secondary N) is 2. The SMILES string of the molecule is CCOC(=O)C(C)(COCC(=O)NCCNC)c1ccccc1. The zero-order valence-electron chi connectivity index (χ0n) is 14.1. The van der Waals surface area contributed by atoms with Crippen molar-refractivity contribution in [3.05, 3.63) is 35.9 Å². The second kappa shape index (κ2) is 9.97. The number of ether oxygens (including phenoxy) is 2. The van der Waals surface area contributed by atoms with E-state index in [9.17, 15) is 9.59 Å². The van der Waals surface area contributed by atoms with Crippen LogP contribution in [-0.2, 0) is 24.5 Å². The standard InChI is InChI=1S/C17H26N2O4/c1-4-23-16(21)17(2,14-8-6-5-7-9-14)13-22-12-15(20)19-11-10-18-3/h5-9,18H,4,10-13H2,1-3H3,(H,19,20). The lowest BCUT2D eigenvalue weighted by atomic mass is 9.83. The van der Waals surface area contributed by atoms with E-state index in [1.807, 2.05) is 37.4 Å². The van der Waals surface area contributed by atoms with Gasteiger partial charge in [0.1, 0.15) is 12.0 Å². The normalized spacial score (nSPS) is 13.2. The van der Waals surface area contributed by atoms with Gasteiger partial charge in [0.15, 0.2) is 0 Å². The van der Waals surface area contributed by atoms with Crippen LogP contribution in [0.25, 0.3) is 0 Å². The molecule has 1 aromatic rings. The fourth-order valence-electron chi connectivity index (χ4n) is 2.08. The Hall–Kier alpha value is -1.92. The fourth-order valence-corrected chi connectivity index (χ4v) is 2.08. The van der Waals surface area contributed by atoms with E-state index in [1.165, 1.54) is 0 Å². The third kappa shape index (κ3) is 6.00. The Kier molecular flexibility index (Phi) is 8.29. The minimum atomic E-state index is -0.942. The predicted molar refractivity (Wildman–Crippen MR) is 88.2 cm³/mol. The Morgan fingerprint density at radius 1 is 1.17 bits per heavy atom. The molecule has 2 N–H and O–H groups in total. The lowest BCUT2D eigenvalue weighted by Gasteiger charge is -2.27. The quantitative estimate of drug-likeness (QED) is 0.493. The van der Waals surface area contributed by atoms with E-state index in [2.05, 4.69) is 10.6 Å². The van der Waals surface area contributed by atoms with Crippen LogP contribution < -0.4 is 10.6 Å². The van der Waals surface area contributed by atoms with Crippen molar-refractivity contribution >= 4 is 11.9 Å². The Bertz CT molecular complexity index is 493. The van der Waals surface area contributed by atoms with Gasteiger partial charge in [-0.15, -0.1) is 0 Å². The lowest BCUT2D eigenvalue weighted by Crippen LogP contribution is -2.40. The first-order valence-corrected chi connectivity index (χ1v) is 7.76. The van der Waals surface area contributed by atoms with Crippen LogP contribution in [0.2, 0.25) is 0 Å². The molecule has 1 aromatic carbocycles. The van der Waals surface area contributed by atoms with Gasteiger partial charge in [-0.25, -0.2) is 0 Å². The summed E-state index contributed by atoms with van der Waals surface area (Å²) in [4.78, 5) is 24.0. The van der Waals surface area contributed by atoms with Crippen LogP contribution in [0.3, 0.4) is 0 Å². The summed E-state index contributed by atoms with van der Waals surface area (Å²) in [6.45, 7) is 5.04. The topological polar surface area (TPSA) is 76.7 Å². The zero-order valence-corrected chi connectivity index (χ0v) is 14.1. The monoisotopic (exact) mass is 322 g/mol. The van der Waals surface area contributed by atoms with Crippen molar-refractivity contribution in [3.63, 3.8) is 0 Å². The maximum atomic E-state index is 12.3. The summed E-state index contributed by atoms with van der Waals surface area (Å²) >= 11 is 0. The van der Waals surface area contributed by atoms with Gasteiger partial charge in [0.05, 0.1) is 13.2 Å². The first kappa shape index (κ1) is 19.1. The second-order valence-corrected chi connectivity index (χ2v) is 5.36. The van der Waals surface area contributed by atoms with E-state index in [0.29, 0.717) is 19.7 Å². The van der Waals surface area contributed by atoms with Crippen molar-refractivity contribution < 1.29 is 19.1 Å². The molecule has 0 aliphatic carbocycles. The molecule has 0 spiro atoms. The van der Waals surface area contributed by atoms with Gasteiger partial charge < -0.3 is 20.1 Å². The third-order valence-electron chi connectivity index (χ3n) is 3.46. The van der Waals surface area contributed by atoms with E-state index < -0.39 is 5.41 Å². The molecule has 0 aromatic heterocycles. The van der Waals surface area contributed by atoms with Crippen molar-refractivity contribution in [2.24, 2.45) is 0 Å². The fraction of sp³-hybridized carbons (Fsp3) is 0.529. The Balaban J connectivity index is 2.64. The minimum absolute atomic E-state index is 0.0787. The molecule has 6 nitrogen and oxygen atoms in total. The van der Waals surface area contributed by atoms with Crippen LogP contribution in [0, 0.1) is 0 Å². The number of hydrogen-bond donors (Lipinski definition) is 2. The maximum Gasteiger partial charge on any atom is 0.318 e. The highest BCUT2D eigenvalue weighted by Crippen LogP contribution is 2.26. The largest absolute Gasteiger partial charge is 0.465 e. The minimum Gasteiger partial charge on any atom is -0.465 e. The Labute approximate surface area is 137 Å². The predicted octanol–water partition coefficient (Wildman–Crippen LogP) is 0.860. The van der Waals surface area contributed by atoms with Crippen LogP contribution in [0.1, 0.15) is 19.4 Å². The number of rotatable bonds is 10. The van der Waals surface area contributed by atoms with Gasteiger partial charge in [-0.05, 0) is 26.5 Å². The van der Waals surface area contributed by atoms with Crippen molar-refractivity contribution in [1.29, 1.82) is 0 Å². The molecule has 0 heterocycles. The van der Waals surface area contributed by atoms with Gasteiger partial charge in [0, 0.05) is 13.1 Å². The molecule has 0 aliphatic rings. The first-order chi connectivity index (χ1) is 11.0. The van der Waals surface area contributed by atoms with Crippen LogP contribution in [0.4, 0.5) is 0 Å². The smallest absolute Gasteiger partial charge is 0.318 e. The van der Waals surface area contributed by atoms with E-state index in [1.54, 1.807) is 13.8 Å². The molecule has 6 heteroatoms. The third-order valence-corrected chi connectivity index (χ3v) is 3.46. The summed E-state index contributed by atoms with van der Waals surface area (Å²) in [6, 6.07) is 9.31. The number of amides is 1. The van der Waals surface area contributed by atoms with E-state index in [-0.39, 0.29) is 25.1 Å². The maximum absolute atomic E-state index is 12.3. The summed E-state index contributed by atoms with van der Waals surface area (Å²) < 4.78 is 10.7. The molecule has 0 bridgehead atoms. The molecule has 1 unspecified atom stereocenters. The van der Waals surface area contributed by atoms with E-state index >= 15 is 0 Å². The summed E-state index contributed by atoms with van der Waals surface area (Å²) in [5.74, 6) is -0.568. The second-order valence-electron chi connectivity index (χ2n) is 5.36. The summed E-state index contributed by atoms with van der Waals surface area (Å²) in [5.41, 5.74) is -0.142. The molecular formula is C17H26N2O4. The number of hydrogen-bond acceptors (Lipinski definition) is 5. The van der Waals surface area contributed by atoms with Crippen LogP contribution in [0.5, 0.6) is 0 Å². The van der Waals surface area contributed by atoms with Crippen LogP contribution >= 0.6 is 0 Å². The number of esters is 1. The average molecular weight is 322 g/mol. The van der Waals surface area contributed by atoms with Gasteiger partial charge in [0.25, 0.3) is 0 Å². The molecule has 23 heavy (non-hydrogen) atoms. The van der Waals surface area contributed by atoms with Gasteiger partial charge in [-0.1, -0.05) is 30.3 Å². The number of carbonyl (C=O) groups excluding carboxylic acids is 2. The molecular weight excluding hydrogens is 296 g/mol. The van der Waals surface area contributed by atoms with Gasteiger partial charge >= 0.3 is 5.97 Å². The molecule has 1 atom stereocenters. The molecule has 128 valence electrons.